The van der Waals surface area contributed by atoms with Crippen molar-refractivity contribution in [3.8, 4) is 0 Å². The normalized spacial score (nSPS) is 15.9. The highest BCUT2D eigenvalue weighted by atomic mass is 16.5. The number of nitrogens with zero attached hydrogens (tertiary/aromatic N) is 2. The summed E-state index contributed by atoms with van der Waals surface area (Å²) in [4.78, 5) is 7.27. The fraction of sp³-hybridized carbons (Fsp3) is 0.708. The van der Waals surface area contributed by atoms with E-state index in [0.717, 1.165) is 77.5 Å². The Balaban J connectivity index is 1.73. The second-order valence-corrected chi connectivity index (χ2v) is 8.14. The predicted molar refractivity (Wildman–Crippen MR) is 122 cm³/mol. The molecule has 0 spiro atoms. The summed E-state index contributed by atoms with van der Waals surface area (Å²) >= 11 is 0. The number of hydrogen-bond acceptors (Lipinski definition) is 3. The Hall–Kier alpha value is -1.59. The molecule has 1 saturated heterocycles. The smallest absolute Gasteiger partial charge is 0.193 e. The number of aliphatic imine (C=N–C) groups is 1. The van der Waals surface area contributed by atoms with Gasteiger partial charge in [0.25, 0.3) is 0 Å². The fourth-order valence-corrected chi connectivity index (χ4v) is 3.65. The van der Waals surface area contributed by atoms with Crippen LogP contribution >= 0.6 is 0 Å². The van der Waals surface area contributed by atoms with Crippen LogP contribution in [0.3, 0.4) is 0 Å². The van der Waals surface area contributed by atoms with E-state index in [-0.39, 0.29) is 0 Å². The minimum Gasteiger partial charge on any atom is -0.385 e. The van der Waals surface area contributed by atoms with Gasteiger partial charge in [0.1, 0.15) is 0 Å². The molecule has 0 unspecified atom stereocenters. The first-order valence-corrected chi connectivity index (χ1v) is 11.4. The van der Waals surface area contributed by atoms with Crippen LogP contribution in [-0.4, -0.2) is 63.5 Å². The number of nitrogens with one attached hydrogen (secondary N) is 1. The first-order valence-electron chi connectivity index (χ1n) is 11.4. The van der Waals surface area contributed by atoms with Gasteiger partial charge in [0.15, 0.2) is 5.96 Å². The van der Waals surface area contributed by atoms with Crippen molar-refractivity contribution < 1.29 is 9.47 Å². The Kier molecular flexibility index (Phi) is 11.1. The fourth-order valence-electron chi connectivity index (χ4n) is 3.65. The zero-order valence-electron chi connectivity index (χ0n) is 19.0. The molecule has 1 heterocycles. The molecule has 1 fully saturated rings. The molecule has 2 rings (SSSR count). The van der Waals surface area contributed by atoms with Crippen molar-refractivity contribution in [3.63, 3.8) is 0 Å². The van der Waals surface area contributed by atoms with E-state index in [1.54, 1.807) is 7.11 Å². The van der Waals surface area contributed by atoms with Gasteiger partial charge in [-0.25, -0.2) is 0 Å². The van der Waals surface area contributed by atoms with E-state index in [0.29, 0.717) is 12.0 Å². The molecule has 0 radical (unpaired) electrons. The van der Waals surface area contributed by atoms with Gasteiger partial charge in [0.2, 0.25) is 0 Å². The zero-order chi connectivity index (χ0) is 20.9. The molecule has 1 aliphatic heterocycles. The molecule has 1 aromatic rings. The van der Waals surface area contributed by atoms with Gasteiger partial charge in [-0.05, 0) is 56.1 Å². The van der Waals surface area contributed by atoms with Gasteiger partial charge in [-0.2, -0.15) is 0 Å². The van der Waals surface area contributed by atoms with E-state index in [9.17, 15) is 0 Å². The summed E-state index contributed by atoms with van der Waals surface area (Å²) in [5.74, 6) is 1.65. The summed E-state index contributed by atoms with van der Waals surface area (Å²) in [7, 11) is 1.74. The standard InChI is InChI=1S/C24H41N3O2/c1-5-25-24(27-16-13-23(14-17-27)29-19-7-18-28-4)26-15-6-8-21-9-11-22(12-10-21)20(2)3/h9-12,20,23H,5-8,13-19H2,1-4H3,(H,25,26). The number of hydrogen-bond donors (Lipinski definition) is 1. The molecule has 1 aromatic carbocycles. The van der Waals surface area contributed by atoms with Gasteiger partial charge < -0.3 is 19.7 Å². The van der Waals surface area contributed by atoms with E-state index in [4.69, 9.17) is 14.5 Å². The predicted octanol–water partition coefficient (Wildman–Crippen LogP) is 4.23. The van der Waals surface area contributed by atoms with Gasteiger partial charge >= 0.3 is 0 Å². The van der Waals surface area contributed by atoms with E-state index < -0.39 is 0 Å². The van der Waals surface area contributed by atoms with Crippen LogP contribution in [0.5, 0.6) is 0 Å². The maximum absolute atomic E-state index is 5.98. The molecular formula is C24H41N3O2. The molecule has 0 saturated carbocycles. The van der Waals surface area contributed by atoms with Gasteiger partial charge in [-0.1, -0.05) is 38.1 Å². The van der Waals surface area contributed by atoms with Gasteiger partial charge in [-0.15, -0.1) is 0 Å². The summed E-state index contributed by atoms with van der Waals surface area (Å²) < 4.78 is 11.1. The van der Waals surface area contributed by atoms with Crippen LogP contribution in [0.1, 0.15) is 63.5 Å². The minimum absolute atomic E-state index is 0.375. The molecular weight excluding hydrogens is 362 g/mol. The molecule has 29 heavy (non-hydrogen) atoms. The first-order chi connectivity index (χ1) is 14.1. The molecule has 0 aromatic heterocycles. The van der Waals surface area contributed by atoms with Crippen molar-refractivity contribution in [1.82, 2.24) is 10.2 Å². The minimum atomic E-state index is 0.375. The number of methoxy groups -OCH3 is 1. The van der Waals surface area contributed by atoms with E-state index in [1.165, 1.54) is 11.1 Å². The number of benzene rings is 1. The SMILES string of the molecule is CCNC(=NCCCc1ccc(C(C)C)cc1)N1CCC(OCCCOC)CC1. The van der Waals surface area contributed by atoms with E-state index in [2.05, 4.69) is 55.3 Å². The third kappa shape index (κ3) is 8.75. The van der Waals surface area contributed by atoms with Gasteiger partial charge in [-0.3, -0.25) is 4.99 Å². The summed E-state index contributed by atoms with van der Waals surface area (Å²) in [6.07, 6.45) is 5.65. The summed E-state index contributed by atoms with van der Waals surface area (Å²) in [5, 5.41) is 3.46. The van der Waals surface area contributed by atoms with Crippen LogP contribution in [-0.2, 0) is 15.9 Å². The maximum Gasteiger partial charge on any atom is 0.193 e. The van der Waals surface area contributed by atoms with Crippen LogP contribution in [0, 0.1) is 0 Å². The number of ether oxygens (including phenoxy) is 2. The third-order valence-corrected chi connectivity index (χ3v) is 5.45. The van der Waals surface area contributed by atoms with E-state index >= 15 is 0 Å². The Morgan fingerprint density at radius 2 is 1.86 bits per heavy atom. The zero-order valence-corrected chi connectivity index (χ0v) is 19.0. The highest BCUT2D eigenvalue weighted by Crippen LogP contribution is 2.16. The largest absolute Gasteiger partial charge is 0.385 e. The van der Waals surface area contributed by atoms with Crippen molar-refractivity contribution in [2.45, 2.75) is 64.9 Å². The van der Waals surface area contributed by atoms with Crippen molar-refractivity contribution in [2.75, 3.05) is 46.5 Å². The van der Waals surface area contributed by atoms with Crippen molar-refractivity contribution in [3.05, 3.63) is 35.4 Å². The van der Waals surface area contributed by atoms with Crippen molar-refractivity contribution >= 4 is 5.96 Å². The van der Waals surface area contributed by atoms with Gasteiger partial charge in [0.05, 0.1) is 6.10 Å². The van der Waals surface area contributed by atoms with Crippen LogP contribution in [0.2, 0.25) is 0 Å². The topological polar surface area (TPSA) is 46.1 Å². The second-order valence-electron chi connectivity index (χ2n) is 8.14. The summed E-state index contributed by atoms with van der Waals surface area (Å²) in [6.45, 7) is 12.0. The number of piperidine rings is 1. The lowest BCUT2D eigenvalue weighted by molar-refractivity contribution is 0.00990. The highest BCUT2D eigenvalue weighted by Gasteiger charge is 2.21. The number of aryl methyl sites for hydroxylation is 1. The second kappa shape index (κ2) is 13.6. The molecule has 0 aliphatic carbocycles. The average Bonchev–Trinajstić information content (AvgIpc) is 2.74. The van der Waals surface area contributed by atoms with Gasteiger partial charge in [0, 0.05) is 46.5 Å². The number of guanidine groups is 1. The van der Waals surface area contributed by atoms with Crippen LogP contribution < -0.4 is 5.32 Å². The Morgan fingerprint density at radius 3 is 2.48 bits per heavy atom. The average molecular weight is 404 g/mol. The van der Waals surface area contributed by atoms with Crippen molar-refractivity contribution in [2.24, 2.45) is 4.99 Å². The molecule has 5 heteroatoms. The lowest BCUT2D eigenvalue weighted by Crippen LogP contribution is -2.47. The lowest BCUT2D eigenvalue weighted by Gasteiger charge is -2.34. The molecule has 0 atom stereocenters. The molecule has 164 valence electrons. The Morgan fingerprint density at radius 1 is 1.14 bits per heavy atom. The van der Waals surface area contributed by atoms with Crippen LogP contribution in [0.4, 0.5) is 0 Å². The number of likely N-dealkylation sites (tertiary alicyclic amines) is 1. The third-order valence-electron chi connectivity index (χ3n) is 5.45. The number of rotatable bonds is 11. The summed E-state index contributed by atoms with van der Waals surface area (Å²) in [5.41, 5.74) is 2.81. The molecule has 0 amide bonds. The lowest BCUT2D eigenvalue weighted by atomic mass is 10.0. The quantitative estimate of drug-likeness (QED) is 0.341. The Labute approximate surface area is 177 Å². The highest BCUT2D eigenvalue weighted by molar-refractivity contribution is 5.80. The summed E-state index contributed by atoms with van der Waals surface area (Å²) in [6, 6.07) is 9.05. The Bertz CT molecular complexity index is 578. The molecule has 5 nitrogen and oxygen atoms in total. The van der Waals surface area contributed by atoms with Crippen molar-refractivity contribution in [1.29, 1.82) is 0 Å². The van der Waals surface area contributed by atoms with Crippen LogP contribution in [0.15, 0.2) is 29.3 Å². The molecule has 1 aliphatic rings. The molecule has 0 bridgehead atoms. The van der Waals surface area contributed by atoms with E-state index in [1.807, 2.05) is 0 Å². The maximum atomic E-state index is 5.98. The first kappa shape index (κ1) is 23.7. The monoisotopic (exact) mass is 403 g/mol. The molecule has 1 N–H and O–H groups in total. The van der Waals surface area contributed by atoms with Crippen LogP contribution in [0.25, 0.3) is 0 Å².